The maximum atomic E-state index is 6.22. The van der Waals surface area contributed by atoms with E-state index in [0.717, 1.165) is 41.2 Å². The number of hydrogen-bond acceptors (Lipinski definition) is 2. The van der Waals surface area contributed by atoms with Crippen molar-refractivity contribution in [2.45, 2.75) is 25.8 Å². The van der Waals surface area contributed by atoms with Gasteiger partial charge in [-0.05, 0) is 36.5 Å². The van der Waals surface area contributed by atoms with E-state index in [2.05, 4.69) is 22.5 Å². The van der Waals surface area contributed by atoms with Gasteiger partial charge in [-0.25, -0.2) is 0 Å². The van der Waals surface area contributed by atoms with Gasteiger partial charge < -0.3 is 15.4 Å². The van der Waals surface area contributed by atoms with Gasteiger partial charge in [0.25, 0.3) is 0 Å². The fraction of sp³-hybridized carbons (Fsp3) is 0.533. The van der Waals surface area contributed by atoms with Crippen molar-refractivity contribution in [2.75, 3.05) is 20.7 Å². The largest absolute Gasteiger partial charge is 0.497 e. The van der Waals surface area contributed by atoms with E-state index in [9.17, 15) is 0 Å². The monoisotopic (exact) mass is 295 g/mol. The number of benzene rings is 1. The third-order valence-electron chi connectivity index (χ3n) is 3.60. The molecule has 5 heteroatoms. The third-order valence-corrected chi connectivity index (χ3v) is 3.95. The van der Waals surface area contributed by atoms with Crippen LogP contribution in [0.25, 0.3) is 0 Å². The Morgan fingerprint density at radius 2 is 2.25 bits per heavy atom. The molecule has 0 bridgehead atoms. The van der Waals surface area contributed by atoms with Crippen molar-refractivity contribution in [1.82, 2.24) is 10.6 Å². The lowest BCUT2D eigenvalue weighted by atomic mass is 10.1. The van der Waals surface area contributed by atoms with Gasteiger partial charge in [-0.1, -0.05) is 24.6 Å². The van der Waals surface area contributed by atoms with Crippen molar-refractivity contribution in [3.8, 4) is 5.75 Å². The Balaban J connectivity index is 1.79. The van der Waals surface area contributed by atoms with Crippen LogP contribution in [0.3, 0.4) is 0 Å². The fourth-order valence-electron chi connectivity index (χ4n) is 2.07. The van der Waals surface area contributed by atoms with Gasteiger partial charge in [0.15, 0.2) is 5.96 Å². The normalized spacial score (nSPS) is 21.5. The molecule has 0 aromatic heterocycles. The molecule has 110 valence electrons. The first-order valence-corrected chi connectivity index (χ1v) is 7.31. The van der Waals surface area contributed by atoms with Crippen LogP contribution in [-0.2, 0) is 6.42 Å². The van der Waals surface area contributed by atoms with Gasteiger partial charge in [0, 0.05) is 24.7 Å². The minimum atomic E-state index is 0.575. The van der Waals surface area contributed by atoms with Crippen LogP contribution in [0.5, 0.6) is 5.75 Å². The van der Waals surface area contributed by atoms with E-state index in [1.165, 1.54) is 6.42 Å². The summed E-state index contributed by atoms with van der Waals surface area (Å²) in [5.41, 5.74) is 1.11. The lowest BCUT2D eigenvalue weighted by Crippen LogP contribution is -2.39. The van der Waals surface area contributed by atoms with Crippen molar-refractivity contribution in [1.29, 1.82) is 0 Å². The molecule has 1 fully saturated rings. The van der Waals surface area contributed by atoms with Gasteiger partial charge in [0.05, 0.1) is 7.11 Å². The molecule has 1 aromatic rings. The zero-order valence-electron chi connectivity index (χ0n) is 12.2. The summed E-state index contributed by atoms with van der Waals surface area (Å²) in [6, 6.07) is 6.35. The molecule has 1 saturated carbocycles. The number of guanidine groups is 1. The highest BCUT2D eigenvalue weighted by atomic mass is 35.5. The third kappa shape index (κ3) is 4.04. The Hall–Kier alpha value is -1.42. The van der Waals surface area contributed by atoms with Crippen molar-refractivity contribution in [2.24, 2.45) is 10.9 Å². The predicted octanol–water partition coefficient (Wildman–Crippen LogP) is 2.46. The summed E-state index contributed by atoms with van der Waals surface area (Å²) in [4.78, 5) is 4.23. The molecule has 0 saturated heterocycles. The highest BCUT2D eigenvalue weighted by Gasteiger charge is 2.33. The molecule has 1 aliphatic carbocycles. The van der Waals surface area contributed by atoms with Crippen molar-refractivity contribution in [3.05, 3.63) is 28.8 Å². The summed E-state index contributed by atoms with van der Waals surface area (Å²) in [7, 11) is 3.43. The number of nitrogens with zero attached hydrogens (tertiary/aromatic N) is 1. The van der Waals surface area contributed by atoms with Crippen molar-refractivity contribution < 1.29 is 4.74 Å². The average molecular weight is 296 g/mol. The molecule has 2 unspecified atom stereocenters. The van der Waals surface area contributed by atoms with Gasteiger partial charge >= 0.3 is 0 Å². The van der Waals surface area contributed by atoms with Crippen LogP contribution in [0.15, 0.2) is 23.2 Å². The van der Waals surface area contributed by atoms with Crippen LogP contribution in [0.4, 0.5) is 0 Å². The van der Waals surface area contributed by atoms with Gasteiger partial charge in [-0.3, -0.25) is 4.99 Å². The van der Waals surface area contributed by atoms with Crippen LogP contribution in [0, 0.1) is 5.92 Å². The molecule has 2 N–H and O–H groups in total. The molecule has 0 heterocycles. The minimum Gasteiger partial charge on any atom is -0.497 e. The van der Waals surface area contributed by atoms with Gasteiger partial charge in [0.1, 0.15) is 5.75 Å². The zero-order chi connectivity index (χ0) is 14.5. The highest BCUT2D eigenvalue weighted by molar-refractivity contribution is 6.31. The van der Waals surface area contributed by atoms with Crippen LogP contribution >= 0.6 is 11.6 Å². The lowest BCUT2D eigenvalue weighted by Gasteiger charge is -2.12. The van der Waals surface area contributed by atoms with Crippen LogP contribution in [0.1, 0.15) is 18.9 Å². The van der Waals surface area contributed by atoms with Crippen LogP contribution in [0.2, 0.25) is 5.02 Å². The molecule has 20 heavy (non-hydrogen) atoms. The van der Waals surface area contributed by atoms with E-state index in [0.29, 0.717) is 6.04 Å². The smallest absolute Gasteiger partial charge is 0.191 e. The maximum absolute atomic E-state index is 6.22. The van der Waals surface area contributed by atoms with Crippen LogP contribution in [-0.4, -0.2) is 32.7 Å². The molecular weight excluding hydrogens is 274 g/mol. The second-order valence-corrected chi connectivity index (χ2v) is 5.58. The SMILES string of the molecule is CN=C(NCCc1ccc(OC)cc1Cl)NC1CC1C. The summed E-state index contributed by atoms with van der Waals surface area (Å²) in [5, 5.41) is 7.45. The topological polar surface area (TPSA) is 45.7 Å². The molecule has 2 atom stereocenters. The quantitative estimate of drug-likeness (QED) is 0.648. The first kappa shape index (κ1) is 15.0. The Morgan fingerprint density at radius 3 is 2.80 bits per heavy atom. The molecule has 0 aliphatic heterocycles. The lowest BCUT2D eigenvalue weighted by molar-refractivity contribution is 0.414. The molecule has 1 aliphatic rings. The van der Waals surface area contributed by atoms with Crippen molar-refractivity contribution in [3.63, 3.8) is 0 Å². The zero-order valence-corrected chi connectivity index (χ0v) is 13.0. The Morgan fingerprint density at radius 1 is 1.50 bits per heavy atom. The molecule has 4 nitrogen and oxygen atoms in total. The Bertz CT molecular complexity index is 490. The average Bonchev–Trinajstić information content (AvgIpc) is 3.14. The molecule has 1 aromatic carbocycles. The first-order valence-electron chi connectivity index (χ1n) is 6.93. The predicted molar refractivity (Wildman–Crippen MR) is 83.8 cm³/mol. The molecule has 0 amide bonds. The van der Waals surface area contributed by atoms with E-state index < -0.39 is 0 Å². The number of halogens is 1. The summed E-state index contributed by atoms with van der Waals surface area (Å²) in [6.45, 7) is 3.04. The number of methoxy groups -OCH3 is 1. The second-order valence-electron chi connectivity index (χ2n) is 5.17. The van der Waals surface area contributed by atoms with E-state index in [1.807, 2.05) is 18.2 Å². The van der Waals surface area contributed by atoms with Crippen LogP contribution < -0.4 is 15.4 Å². The van der Waals surface area contributed by atoms with E-state index in [-0.39, 0.29) is 0 Å². The summed E-state index contributed by atoms with van der Waals surface area (Å²) < 4.78 is 5.14. The molecule has 2 rings (SSSR count). The van der Waals surface area contributed by atoms with Gasteiger partial charge in [0.2, 0.25) is 0 Å². The Labute approximate surface area is 125 Å². The summed E-state index contributed by atoms with van der Waals surface area (Å²) in [5.74, 6) is 2.40. The summed E-state index contributed by atoms with van der Waals surface area (Å²) in [6.07, 6.45) is 2.08. The van der Waals surface area contributed by atoms with Gasteiger partial charge in [-0.2, -0.15) is 0 Å². The molecule has 0 spiro atoms. The number of hydrogen-bond donors (Lipinski definition) is 2. The standard InChI is InChI=1S/C15H22ClN3O/c1-10-8-14(10)19-15(17-2)18-7-6-11-4-5-12(20-3)9-13(11)16/h4-5,9-10,14H,6-8H2,1-3H3,(H2,17,18,19). The molecule has 0 radical (unpaired) electrons. The number of nitrogens with one attached hydrogen (secondary N) is 2. The first-order chi connectivity index (χ1) is 9.63. The Kier molecular flexibility index (Phi) is 5.12. The van der Waals surface area contributed by atoms with E-state index >= 15 is 0 Å². The second kappa shape index (κ2) is 6.84. The van der Waals surface area contributed by atoms with E-state index in [1.54, 1.807) is 14.2 Å². The fourth-order valence-corrected chi connectivity index (χ4v) is 2.33. The van der Waals surface area contributed by atoms with E-state index in [4.69, 9.17) is 16.3 Å². The minimum absolute atomic E-state index is 0.575. The maximum Gasteiger partial charge on any atom is 0.191 e. The summed E-state index contributed by atoms with van der Waals surface area (Å²) >= 11 is 6.22. The number of aliphatic imine (C=N–C) groups is 1. The number of ether oxygens (including phenoxy) is 1. The van der Waals surface area contributed by atoms with Gasteiger partial charge in [-0.15, -0.1) is 0 Å². The van der Waals surface area contributed by atoms with Crippen molar-refractivity contribution >= 4 is 17.6 Å². The highest BCUT2D eigenvalue weighted by Crippen LogP contribution is 2.28. The molecular formula is C15H22ClN3O. The number of rotatable bonds is 5.